The number of rotatable bonds is 5. The second kappa shape index (κ2) is 8.25. The van der Waals surface area contributed by atoms with Crippen LogP contribution in [0, 0.1) is 0 Å². The smallest absolute Gasteiger partial charge is 0.242 e. The summed E-state index contributed by atoms with van der Waals surface area (Å²) in [6.07, 6.45) is 2.97. The minimum absolute atomic E-state index is 0.213. The van der Waals surface area contributed by atoms with E-state index in [0.29, 0.717) is 16.6 Å². The first-order chi connectivity index (χ1) is 14.4. The average molecular weight is 442 g/mol. The van der Waals surface area contributed by atoms with Crippen LogP contribution in [-0.4, -0.2) is 48.4 Å². The summed E-state index contributed by atoms with van der Waals surface area (Å²) in [6.45, 7) is 2.15. The van der Waals surface area contributed by atoms with Gasteiger partial charge in [0.05, 0.1) is 16.3 Å². The van der Waals surface area contributed by atoms with Crippen LogP contribution in [-0.2, 0) is 16.4 Å². The summed E-state index contributed by atoms with van der Waals surface area (Å²) < 4.78 is 25.9. The molecule has 156 valence electrons. The first-order valence-electron chi connectivity index (χ1n) is 9.56. The lowest BCUT2D eigenvalue weighted by Gasteiger charge is -2.15. The summed E-state index contributed by atoms with van der Waals surface area (Å²) in [4.78, 5) is 8.12. The van der Waals surface area contributed by atoms with E-state index in [0.717, 1.165) is 28.6 Å². The van der Waals surface area contributed by atoms with Crippen LogP contribution in [0.4, 0.5) is 5.69 Å². The van der Waals surface area contributed by atoms with E-state index in [4.69, 9.17) is 0 Å². The molecule has 0 unspecified atom stereocenters. The Morgan fingerprint density at radius 2 is 2.00 bits per heavy atom. The zero-order chi connectivity index (χ0) is 21.3. The van der Waals surface area contributed by atoms with Crippen LogP contribution in [0.2, 0.25) is 0 Å². The molecule has 3 aromatic rings. The van der Waals surface area contributed by atoms with Gasteiger partial charge < -0.3 is 4.98 Å². The summed E-state index contributed by atoms with van der Waals surface area (Å²) in [7, 11) is -0.478. The third-order valence-corrected chi connectivity index (χ3v) is 7.64. The maximum atomic E-state index is 12.3. The predicted molar refractivity (Wildman–Crippen MR) is 124 cm³/mol. The first-order valence-corrected chi connectivity index (χ1v) is 12.0. The third kappa shape index (κ3) is 3.88. The van der Waals surface area contributed by atoms with Gasteiger partial charge in [-0.1, -0.05) is 43.0 Å². The highest BCUT2D eigenvalue weighted by Crippen LogP contribution is 2.26. The molecule has 2 aromatic carbocycles. The monoisotopic (exact) mass is 441 g/mol. The largest absolute Gasteiger partial charge is 0.360 e. The number of fused-ring (bicyclic) bond motifs is 1. The van der Waals surface area contributed by atoms with Gasteiger partial charge in [-0.25, -0.2) is 17.7 Å². The van der Waals surface area contributed by atoms with Crippen molar-refractivity contribution >= 4 is 49.3 Å². The zero-order valence-corrected chi connectivity index (χ0v) is 18.6. The van der Waals surface area contributed by atoms with Gasteiger partial charge >= 0.3 is 0 Å². The number of H-pyrrole nitrogens is 1. The van der Waals surface area contributed by atoms with Crippen molar-refractivity contribution in [2.24, 2.45) is 10.1 Å². The summed E-state index contributed by atoms with van der Waals surface area (Å²) in [5, 5.41) is 6.32. The van der Waals surface area contributed by atoms with Crippen molar-refractivity contribution in [2.45, 2.75) is 18.2 Å². The van der Waals surface area contributed by atoms with Gasteiger partial charge in [-0.2, -0.15) is 5.10 Å². The molecule has 0 radical (unpaired) electrons. The molecule has 2 heterocycles. The Labute approximate surface area is 180 Å². The SMILES string of the molecule is CCc1cccc2c(C3=NNC(=Nc4cccc(S(=O)(=O)N(C)C)c4)SC3)c[nH]c12. The lowest BCUT2D eigenvalue weighted by Crippen LogP contribution is -2.25. The van der Waals surface area contributed by atoms with Crippen molar-refractivity contribution in [1.29, 1.82) is 0 Å². The normalized spacial score (nSPS) is 16.1. The van der Waals surface area contributed by atoms with E-state index in [-0.39, 0.29) is 4.90 Å². The molecule has 9 heteroatoms. The molecular weight excluding hydrogens is 418 g/mol. The van der Waals surface area contributed by atoms with Gasteiger partial charge in [0, 0.05) is 42.5 Å². The lowest BCUT2D eigenvalue weighted by atomic mass is 10.1. The number of nitrogens with one attached hydrogen (secondary N) is 2. The number of benzene rings is 2. The highest BCUT2D eigenvalue weighted by molar-refractivity contribution is 8.14. The molecule has 1 aromatic heterocycles. The number of aliphatic imine (C=N–C) groups is 1. The van der Waals surface area contributed by atoms with Crippen molar-refractivity contribution in [3.05, 3.63) is 59.8 Å². The number of nitrogens with zero attached hydrogens (tertiary/aromatic N) is 3. The maximum Gasteiger partial charge on any atom is 0.242 e. The Morgan fingerprint density at radius 3 is 2.70 bits per heavy atom. The van der Waals surface area contributed by atoms with Crippen LogP contribution in [0.15, 0.2) is 63.7 Å². The molecule has 0 aliphatic carbocycles. The standard InChI is InChI=1S/C21H23N5O2S2/c1-4-14-7-5-10-17-18(12-22-20(14)17)19-13-29-21(25-24-19)23-15-8-6-9-16(11-15)30(27,28)26(2)3/h5-12,22H,4,13H2,1-3H3,(H,23,25). The van der Waals surface area contributed by atoms with Crippen molar-refractivity contribution < 1.29 is 8.42 Å². The predicted octanol–water partition coefficient (Wildman–Crippen LogP) is 3.71. The molecular formula is C21H23N5O2S2. The maximum absolute atomic E-state index is 12.3. The molecule has 0 spiro atoms. The second-order valence-electron chi connectivity index (χ2n) is 7.06. The van der Waals surface area contributed by atoms with Gasteiger partial charge in [0.25, 0.3) is 0 Å². The molecule has 1 aliphatic rings. The fraction of sp³-hybridized carbons (Fsp3) is 0.238. The van der Waals surface area contributed by atoms with Crippen molar-refractivity contribution in [1.82, 2.24) is 14.7 Å². The second-order valence-corrected chi connectivity index (χ2v) is 10.2. The van der Waals surface area contributed by atoms with E-state index in [2.05, 4.69) is 45.6 Å². The van der Waals surface area contributed by atoms with Gasteiger partial charge in [-0.3, -0.25) is 5.43 Å². The van der Waals surface area contributed by atoms with Crippen LogP contribution in [0.1, 0.15) is 18.1 Å². The van der Waals surface area contributed by atoms with Crippen molar-refractivity contribution in [2.75, 3.05) is 19.8 Å². The van der Waals surface area contributed by atoms with E-state index in [1.807, 2.05) is 6.20 Å². The molecule has 0 atom stereocenters. The number of thioether (sulfide) groups is 1. The Balaban J connectivity index is 1.58. The summed E-state index contributed by atoms with van der Waals surface area (Å²) >= 11 is 1.54. The molecule has 1 aliphatic heterocycles. The molecule has 0 amide bonds. The van der Waals surface area contributed by atoms with E-state index in [1.54, 1.807) is 24.3 Å². The van der Waals surface area contributed by atoms with Gasteiger partial charge in [-0.05, 0) is 30.2 Å². The molecule has 2 N–H and O–H groups in total. The summed E-state index contributed by atoms with van der Waals surface area (Å²) in [6, 6.07) is 12.9. The third-order valence-electron chi connectivity index (χ3n) is 4.95. The molecule has 0 fully saturated rings. The molecule has 30 heavy (non-hydrogen) atoms. The molecule has 4 rings (SSSR count). The number of amidine groups is 1. The van der Waals surface area contributed by atoms with Crippen LogP contribution >= 0.6 is 11.8 Å². The van der Waals surface area contributed by atoms with Crippen LogP contribution in [0.25, 0.3) is 10.9 Å². The van der Waals surface area contributed by atoms with E-state index in [9.17, 15) is 8.42 Å². The molecule has 0 bridgehead atoms. The van der Waals surface area contributed by atoms with Gasteiger partial charge in [-0.15, -0.1) is 0 Å². The highest BCUT2D eigenvalue weighted by Gasteiger charge is 2.19. The molecule has 0 saturated carbocycles. The fourth-order valence-corrected chi connectivity index (χ4v) is 5.02. The Kier molecular flexibility index (Phi) is 5.68. The van der Waals surface area contributed by atoms with E-state index >= 15 is 0 Å². The molecule has 7 nitrogen and oxygen atoms in total. The Morgan fingerprint density at radius 1 is 1.20 bits per heavy atom. The number of aromatic nitrogens is 1. The van der Waals surface area contributed by atoms with Crippen LogP contribution in [0.5, 0.6) is 0 Å². The zero-order valence-electron chi connectivity index (χ0n) is 17.0. The number of aromatic amines is 1. The van der Waals surface area contributed by atoms with Crippen LogP contribution < -0.4 is 5.43 Å². The topological polar surface area (TPSA) is 89.9 Å². The minimum Gasteiger partial charge on any atom is -0.360 e. The number of hydrazone groups is 1. The van der Waals surface area contributed by atoms with Gasteiger partial charge in [0.1, 0.15) is 0 Å². The van der Waals surface area contributed by atoms with E-state index in [1.165, 1.54) is 35.7 Å². The summed E-state index contributed by atoms with van der Waals surface area (Å²) in [5.74, 6) is 0.671. The summed E-state index contributed by atoms with van der Waals surface area (Å²) in [5.41, 5.74) is 8.03. The molecule has 0 saturated heterocycles. The number of para-hydroxylation sites is 1. The fourth-order valence-electron chi connectivity index (χ4n) is 3.30. The number of sulfonamides is 1. The number of aryl methyl sites for hydroxylation is 1. The van der Waals surface area contributed by atoms with Crippen molar-refractivity contribution in [3.63, 3.8) is 0 Å². The quantitative estimate of drug-likeness (QED) is 0.632. The number of hydrogen-bond acceptors (Lipinski definition) is 5. The van der Waals surface area contributed by atoms with Crippen molar-refractivity contribution in [3.8, 4) is 0 Å². The van der Waals surface area contributed by atoms with Gasteiger partial charge in [0.2, 0.25) is 10.0 Å². The van der Waals surface area contributed by atoms with Crippen LogP contribution in [0.3, 0.4) is 0 Å². The van der Waals surface area contributed by atoms with Gasteiger partial charge in [0.15, 0.2) is 5.17 Å². The highest BCUT2D eigenvalue weighted by atomic mass is 32.2. The first kappa shape index (κ1) is 20.6. The average Bonchev–Trinajstić information content (AvgIpc) is 3.18. The van der Waals surface area contributed by atoms with E-state index < -0.39 is 10.0 Å². The number of hydrogen-bond donors (Lipinski definition) is 2. The lowest BCUT2D eigenvalue weighted by molar-refractivity contribution is 0.521. The minimum atomic E-state index is -3.50. The Bertz CT molecular complexity index is 1260. The Hall–Kier alpha value is -2.62.